The van der Waals surface area contributed by atoms with Gasteiger partial charge in [0, 0.05) is 25.2 Å². The van der Waals surface area contributed by atoms with E-state index in [-0.39, 0.29) is 17.6 Å². The zero-order valence-electron chi connectivity index (χ0n) is 10.7. The standard InChI is InChI=1S/C12H17N3O3/c1-8-4-5-10(6-11(8)15(17)18)7-14-9(2)12(16)13-3/h4-6,9,14H,7H2,1-3H3,(H,13,16). The van der Waals surface area contributed by atoms with E-state index in [1.54, 1.807) is 27.0 Å². The SMILES string of the molecule is CNC(=O)C(C)NCc1ccc(C)c([N+](=O)[O-])c1. The van der Waals surface area contributed by atoms with Crippen LogP contribution in [0.3, 0.4) is 0 Å². The maximum Gasteiger partial charge on any atom is 0.272 e. The summed E-state index contributed by atoms with van der Waals surface area (Å²) in [7, 11) is 1.57. The second-order valence-electron chi connectivity index (χ2n) is 4.09. The molecule has 0 spiro atoms. The van der Waals surface area contributed by atoms with Crippen molar-refractivity contribution in [1.29, 1.82) is 0 Å². The third-order valence-electron chi connectivity index (χ3n) is 2.72. The number of nitrogens with one attached hydrogen (secondary N) is 2. The molecule has 0 fully saturated rings. The first-order valence-corrected chi connectivity index (χ1v) is 5.64. The average molecular weight is 251 g/mol. The number of aryl methyl sites for hydroxylation is 1. The number of hydrogen-bond acceptors (Lipinski definition) is 4. The molecule has 6 nitrogen and oxygen atoms in total. The molecule has 1 unspecified atom stereocenters. The number of benzene rings is 1. The van der Waals surface area contributed by atoms with Gasteiger partial charge in [0.05, 0.1) is 11.0 Å². The van der Waals surface area contributed by atoms with E-state index in [2.05, 4.69) is 10.6 Å². The minimum atomic E-state index is -0.402. The number of hydrogen-bond donors (Lipinski definition) is 2. The van der Waals surface area contributed by atoms with Gasteiger partial charge in [-0.2, -0.15) is 0 Å². The topological polar surface area (TPSA) is 84.3 Å². The fraction of sp³-hybridized carbons (Fsp3) is 0.417. The van der Waals surface area contributed by atoms with Crippen LogP contribution in [0, 0.1) is 17.0 Å². The molecule has 0 heterocycles. The van der Waals surface area contributed by atoms with E-state index in [1.165, 1.54) is 6.07 Å². The van der Waals surface area contributed by atoms with Crippen LogP contribution in [-0.4, -0.2) is 23.9 Å². The first kappa shape index (κ1) is 14.1. The number of rotatable bonds is 5. The summed E-state index contributed by atoms with van der Waals surface area (Å²) in [5.74, 6) is -0.114. The molecule has 1 amide bonds. The predicted octanol–water partition coefficient (Wildman–Crippen LogP) is 1.13. The van der Waals surface area contributed by atoms with E-state index in [1.807, 2.05) is 6.07 Å². The minimum Gasteiger partial charge on any atom is -0.358 e. The van der Waals surface area contributed by atoms with E-state index in [0.29, 0.717) is 12.1 Å². The molecule has 0 aliphatic heterocycles. The Bertz CT molecular complexity index is 460. The van der Waals surface area contributed by atoms with Crippen LogP contribution < -0.4 is 10.6 Å². The highest BCUT2D eigenvalue weighted by Gasteiger charge is 2.13. The van der Waals surface area contributed by atoms with Crippen molar-refractivity contribution in [2.24, 2.45) is 0 Å². The third kappa shape index (κ3) is 3.53. The minimum absolute atomic E-state index is 0.0990. The lowest BCUT2D eigenvalue weighted by atomic mass is 10.1. The Labute approximate surface area is 106 Å². The number of carbonyl (C=O) groups excluding carboxylic acids is 1. The molecule has 1 aromatic rings. The zero-order valence-corrected chi connectivity index (χ0v) is 10.7. The highest BCUT2D eigenvalue weighted by Crippen LogP contribution is 2.19. The largest absolute Gasteiger partial charge is 0.358 e. The van der Waals surface area contributed by atoms with Gasteiger partial charge in [-0.25, -0.2) is 0 Å². The number of nitro groups is 1. The van der Waals surface area contributed by atoms with Crippen molar-refractivity contribution in [2.45, 2.75) is 26.4 Å². The molecule has 0 radical (unpaired) electrons. The van der Waals surface area contributed by atoms with Crippen molar-refractivity contribution in [2.75, 3.05) is 7.05 Å². The van der Waals surface area contributed by atoms with Gasteiger partial charge in [0.15, 0.2) is 0 Å². The van der Waals surface area contributed by atoms with Crippen LogP contribution >= 0.6 is 0 Å². The Morgan fingerprint density at radius 2 is 2.17 bits per heavy atom. The maximum atomic E-state index is 11.3. The zero-order chi connectivity index (χ0) is 13.7. The summed E-state index contributed by atoms with van der Waals surface area (Å²) < 4.78 is 0. The summed E-state index contributed by atoms with van der Waals surface area (Å²) in [4.78, 5) is 21.7. The quantitative estimate of drug-likeness (QED) is 0.607. The molecule has 1 rings (SSSR count). The van der Waals surface area contributed by atoms with Crippen LogP contribution in [0.2, 0.25) is 0 Å². The molecule has 1 aromatic carbocycles. The van der Waals surface area contributed by atoms with Gasteiger partial charge in [0.25, 0.3) is 5.69 Å². The third-order valence-corrected chi connectivity index (χ3v) is 2.72. The molecular formula is C12H17N3O3. The molecule has 0 aliphatic rings. The lowest BCUT2D eigenvalue weighted by molar-refractivity contribution is -0.385. The second kappa shape index (κ2) is 6.11. The summed E-state index contributed by atoms with van der Waals surface area (Å²) in [5, 5.41) is 16.3. The van der Waals surface area contributed by atoms with E-state index in [9.17, 15) is 14.9 Å². The number of amides is 1. The summed E-state index contributed by atoms with van der Waals surface area (Å²) in [6.07, 6.45) is 0. The van der Waals surface area contributed by atoms with Crippen LogP contribution in [0.15, 0.2) is 18.2 Å². The van der Waals surface area contributed by atoms with Crippen molar-refractivity contribution < 1.29 is 9.72 Å². The molecule has 98 valence electrons. The van der Waals surface area contributed by atoms with Crippen molar-refractivity contribution >= 4 is 11.6 Å². The summed E-state index contributed by atoms with van der Waals surface area (Å²) in [6, 6.07) is 4.71. The van der Waals surface area contributed by atoms with Crippen LogP contribution in [0.4, 0.5) is 5.69 Å². The number of likely N-dealkylation sites (N-methyl/N-ethyl adjacent to an activating group) is 1. The Kier molecular flexibility index (Phi) is 4.79. The molecule has 18 heavy (non-hydrogen) atoms. The van der Waals surface area contributed by atoms with Crippen molar-refractivity contribution in [3.8, 4) is 0 Å². The smallest absolute Gasteiger partial charge is 0.272 e. The normalized spacial score (nSPS) is 11.9. The van der Waals surface area contributed by atoms with E-state index in [4.69, 9.17) is 0 Å². The predicted molar refractivity (Wildman–Crippen MR) is 68.2 cm³/mol. The van der Waals surface area contributed by atoms with Gasteiger partial charge in [0.2, 0.25) is 5.91 Å². The van der Waals surface area contributed by atoms with E-state index in [0.717, 1.165) is 5.56 Å². The molecule has 0 aromatic heterocycles. The second-order valence-corrected chi connectivity index (χ2v) is 4.09. The average Bonchev–Trinajstić information content (AvgIpc) is 2.36. The Morgan fingerprint density at radius 1 is 1.50 bits per heavy atom. The van der Waals surface area contributed by atoms with Crippen LogP contribution in [-0.2, 0) is 11.3 Å². The van der Waals surface area contributed by atoms with Crippen molar-refractivity contribution in [3.05, 3.63) is 39.4 Å². The Balaban J connectivity index is 2.71. The fourth-order valence-electron chi connectivity index (χ4n) is 1.54. The summed E-state index contributed by atoms with van der Waals surface area (Å²) in [5.41, 5.74) is 1.51. The maximum absolute atomic E-state index is 11.3. The Hall–Kier alpha value is -1.95. The first-order chi connectivity index (χ1) is 8.45. The van der Waals surface area contributed by atoms with Gasteiger partial charge < -0.3 is 10.6 Å². The molecule has 6 heteroatoms. The highest BCUT2D eigenvalue weighted by atomic mass is 16.6. The molecule has 0 saturated carbocycles. The number of nitro benzene ring substituents is 1. The monoisotopic (exact) mass is 251 g/mol. The molecule has 1 atom stereocenters. The van der Waals surface area contributed by atoms with Crippen LogP contribution in [0.25, 0.3) is 0 Å². The number of carbonyl (C=O) groups is 1. The number of nitrogens with zero attached hydrogens (tertiary/aromatic N) is 1. The van der Waals surface area contributed by atoms with E-state index < -0.39 is 4.92 Å². The molecule has 0 saturated heterocycles. The summed E-state index contributed by atoms with van der Waals surface area (Å²) in [6.45, 7) is 3.85. The molecule has 0 aliphatic carbocycles. The lowest BCUT2D eigenvalue weighted by Gasteiger charge is -2.12. The molecule has 2 N–H and O–H groups in total. The van der Waals surface area contributed by atoms with Gasteiger partial charge in [-0.1, -0.05) is 12.1 Å². The first-order valence-electron chi connectivity index (χ1n) is 5.64. The van der Waals surface area contributed by atoms with Crippen LogP contribution in [0.5, 0.6) is 0 Å². The summed E-state index contributed by atoms with van der Waals surface area (Å²) >= 11 is 0. The van der Waals surface area contributed by atoms with Gasteiger partial charge in [-0.05, 0) is 19.4 Å². The van der Waals surface area contributed by atoms with Crippen molar-refractivity contribution in [3.63, 3.8) is 0 Å². The fourth-order valence-corrected chi connectivity index (χ4v) is 1.54. The van der Waals surface area contributed by atoms with E-state index >= 15 is 0 Å². The Morgan fingerprint density at radius 3 is 2.72 bits per heavy atom. The highest BCUT2D eigenvalue weighted by molar-refractivity contribution is 5.80. The lowest BCUT2D eigenvalue weighted by Crippen LogP contribution is -2.40. The van der Waals surface area contributed by atoms with Crippen molar-refractivity contribution in [1.82, 2.24) is 10.6 Å². The van der Waals surface area contributed by atoms with Gasteiger partial charge in [0.1, 0.15) is 0 Å². The van der Waals surface area contributed by atoms with Crippen LogP contribution in [0.1, 0.15) is 18.1 Å². The van der Waals surface area contributed by atoms with Gasteiger partial charge >= 0.3 is 0 Å². The van der Waals surface area contributed by atoms with Gasteiger partial charge in [-0.15, -0.1) is 0 Å². The van der Waals surface area contributed by atoms with Gasteiger partial charge in [-0.3, -0.25) is 14.9 Å². The molecule has 0 bridgehead atoms. The molecular weight excluding hydrogens is 234 g/mol.